The minimum absolute atomic E-state index is 0. The summed E-state index contributed by atoms with van der Waals surface area (Å²) in [5.74, 6) is 0.584. The molecule has 1 aromatic rings. The van der Waals surface area contributed by atoms with Gasteiger partial charge in [-0.1, -0.05) is 58.2 Å². The highest BCUT2D eigenvalue weighted by Gasteiger charge is 2.45. The molecule has 3 aliphatic rings. The first-order valence-corrected chi connectivity index (χ1v) is 11.7. The summed E-state index contributed by atoms with van der Waals surface area (Å²) in [5, 5.41) is 6.75. The summed E-state index contributed by atoms with van der Waals surface area (Å²) in [6.45, 7) is 10.3. The average Bonchev–Trinajstić information content (AvgIpc) is 2.80. The third-order valence-electron chi connectivity index (χ3n) is 6.67. The van der Waals surface area contributed by atoms with Gasteiger partial charge < -0.3 is 20.1 Å². The van der Waals surface area contributed by atoms with Crippen LogP contribution in [0.1, 0.15) is 76.8 Å². The topological polar surface area (TPSA) is 59.6 Å². The van der Waals surface area contributed by atoms with E-state index in [1.807, 2.05) is 19.9 Å². The number of carbonyl (C=O) groups is 1. The highest BCUT2D eigenvalue weighted by molar-refractivity contribution is 5.79. The highest BCUT2D eigenvalue weighted by atomic mass is 16.5. The number of piperidine rings is 1. The molecule has 31 heavy (non-hydrogen) atoms. The zero-order chi connectivity index (χ0) is 21.4. The van der Waals surface area contributed by atoms with E-state index >= 15 is 0 Å². The molecule has 5 heteroatoms. The van der Waals surface area contributed by atoms with Gasteiger partial charge in [-0.25, -0.2) is 0 Å². The molecule has 1 aromatic carbocycles. The van der Waals surface area contributed by atoms with Crippen LogP contribution in [0, 0.1) is 0 Å². The number of carbonyl (C=O) groups excluding carboxylic acids is 1. The van der Waals surface area contributed by atoms with Crippen molar-refractivity contribution in [2.75, 3.05) is 26.4 Å². The third kappa shape index (κ3) is 6.18. The molecule has 2 atom stereocenters. The van der Waals surface area contributed by atoms with Crippen LogP contribution in [-0.4, -0.2) is 50.0 Å². The number of amides is 1. The van der Waals surface area contributed by atoms with Crippen molar-refractivity contribution in [3.8, 4) is 0 Å². The molecule has 2 heterocycles. The average molecular weight is 431 g/mol. The van der Waals surface area contributed by atoms with E-state index in [0.717, 1.165) is 45.1 Å². The predicted molar refractivity (Wildman–Crippen MR) is 128 cm³/mol. The van der Waals surface area contributed by atoms with Crippen LogP contribution in [0.25, 0.3) is 6.08 Å². The van der Waals surface area contributed by atoms with Gasteiger partial charge in [-0.3, -0.25) is 4.79 Å². The van der Waals surface area contributed by atoms with Crippen molar-refractivity contribution in [2.45, 2.75) is 83.4 Å². The first kappa shape index (κ1) is 25.6. The van der Waals surface area contributed by atoms with Gasteiger partial charge in [0.05, 0.1) is 30.9 Å². The van der Waals surface area contributed by atoms with Gasteiger partial charge in [-0.05, 0) is 62.1 Å². The largest absolute Gasteiger partial charge is 0.377 e. The fourth-order valence-electron chi connectivity index (χ4n) is 5.11. The van der Waals surface area contributed by atoms with Gasteiger partial charge >= 0.3 is 0 Å². The van der Waals surface area contributed by atoms with Crippen molar-refractivity contribution in [3.05, 3.63) is 42.0 Å². The molecule has 0 radical (unpaired) electrons. The van der Waals surface area contributed by atoms with Crippen molar-refractivity contribution in [3.63, 3.8) is 0 Å². The summed E-state index contributed by atoms with van der Waals surface area (Å²) >= 11 is 0. The molecule has 174 valence electrons. The Hall–Kier alpha value is -1.69. The number of hydrogen-bond donors (Lipinski definition) is 2. The lowest BCUT2D eigenvalue weighted by atomic mass is 9.80. The first-order chi connectivity index (χ1) is 14.7. The maximum atomic E-state index is 11.9. The molecular weight excluding hydrogens is 388 g/mol. The van der Waals surface area contributed by atoms with Crippen LogP contribution in [0.15, 0.2) is 30.8 Å². The van der Waals surface area contributed by atoms with Crippen LogP contribution in [-0.2, 0) is 14.3 Å². The van der Waals surface area contributed by atoms with E-state index in [9.17, 15) is 4.79 Å². The SMILES string of the molecule is C.C=Cc1ccccc1C1CCC(OCC2NCCCC23COCC(=O)N3)CC1.CC. The molecule has 0 bridgehead atoms. The normalized spacial score (nSPS) is 30.4. The maximum Gasteiger partial charge on any atom is 0.246 e. The molecule has 1 spiro atoms. The van der Waals surface area contributed by atoms with Gasteiger partial charge in [0.25, 0.3) is 0 Å². The number of ether oxygens (including phenoxy) is 2. The maximum absolute atomic E-state index is 11.9. The Kier molecular flexibility index (Phi) is 10.2. The van der Waals surface area contributed by atoms with E-state index < -0.39 is 0 Å². The zero-order valence-corrected chi connectivity index (χ0v) is 18.6. The number of nitrogens with one attached hydrogen (secondary N) is 2. The molecule has 0 aromatic heterocycles. The lowest BCUT2D eigenvalue weighted by Gasteiger charge is -2.47. The number of benzene rings is 1. The second-order valence-corrected chi connectivity index (χ2v) is 8.45. The Morgan fingerprint density at radius 3 is 2.68 bits per heavy atom. The van der Waals surface area contributed by atoms with Crippen LogP contribution in [0.2, 0.25) is 0 Å². The lowest BCUT2D eigenvalue weighted by Crippen LogP contribution is -2.70. The van der Waals surface area contributed by atoms with E-state index in [0.29, 0.717) is 25.2 Å². The highest BCUT2D eigenvalue weighted by Crippen LogP contribution is 2.36. The Balaban J connectivity index is 0.00000111. The van der Waals surface area contributed by atoms with Crippen LogP contribution in [0.3, 0.4) is 0 Å². The fourth-order valence-corrected chi connectivity index (χ4v) is 5.11. The van der Waals surface area contributed by atoms with E-state index in [-0.39, 0.29) is 31.5 Å². The van der Waals surface area contributed by atoms with Crippen molar-refractivity contribution >= 4 is 12.0 Å². The van der Waals surface area contributed by atoms with Crippen LogP contribution in [0.5, 0.6) is 0 Å². The summed E-state index contributed by atoms with van der Waals surface area (Å²) in [6.07, 6.45) is 8.73. The Morgan fingerprint density at radius 2 is 1.97 bits per heavy atom. The summed E-state index contributed by atoms with van der Waals surface area (Å²) in [5.41, 5.74) is 2.37. The molecule has 4 rings (SSSR count). The second-order valence-electron chi connectivity index (χ2n) is 8.45. The number of rotatable bonds is 5. The molecular formula is C26H42N2O3. The second kappa shape index (κ2) is 12.4. The van der Waals surface area contributed by atoms with Gasteiger partial charge in [0.15, 0.2) is 0 Å². The number of hydrogen-bond acceptors (Lipinski definition) is 4. The quantitative estimate of drug-likeness (QED) is 0.713. The molecule has 2 N–H and O–H groups in total. The van der Waals surface area contributed by atoms with E-state index in [4.69, 9.17) is 9.47 Å². The first-order valence-electron chi connectivity index (χ1n) is 11.7. The molecule has 3 fully saturated rings. The summed E-state index contributed by atoms with van der Waals surface area (Å²) in [7, 11) is 0. The molecule has 2 unspecified atom stereocenters. The third-order valence-corrected chi connectivity index (χ3v) is 6.67. The van der Waals surface area contributed by atoms with Crippen LogP contribution in [0.4, 0.5) is 0 Å². The van der Waals surface area contributed by atoms with E-state index in [1.165, 1.54) is 11.1 Å². The standard InChI is InChI=1S/C23H32N2O3.C2H6.CH4/c1-2-17-6-3-4-7-20(17)18-8-10-19(11-9-18)28-14-21-23(12-5-13-24-21)16-27-15-22(26)25-23;1-2;/h2-4,6-7,18-19,21,24H,1,5,8-16H2,(H,25,26);1-2H3;1H4. The zero-order valence-electron chi connectivity index (χ0n) is 18.6. The summed E-state index contributed by atoms with van der Waals surface area (Å²) in [6, 6.07) is 8.71. The van der Waals surface area contributed by atoms with Gasteiger partial charge in [0.1, 0.15) is 6.61 Å². The monoisotopic (exact) mass is 430 g/mol. The molecule has 2 aliphatic heterocycles. The summed E-state index contributed by atoms with van der Waals surface area (Å²) < 4.78 is 11.9. The molecule has 2 saturated heterocycles. The molecule has 1 amide bonds. The Labute approximate surface area is 189 Å². The molecule has 1 saturated carbocycles. The minimum atomic E-state index is -0.312. The summed E-state index contributed by atoms with van der Waals surface area (Å²) in [4.78, 5) is 11.9. The predicted octanol–water partition coefficient (Wildman–Crippen LogP) is 4.67. The van der Waals surface area contributed by atoms with Gasteiger partial charge in [0.2, 0.25) is 5.91 Å². The number of morpholine rings is 1. The lowest BCUT2D eigenvalue weighted by molar-refractivity contribution is -0.139. The van der Waals surface area contributed by atoms with Crippen LogP contribution >= 0.6 is 0 Å². The van der Waals surface area contributed by atoms with Crippen molar-refractivity contribution in [2.24, 2.45) is 0 Å². The fraction of sp³-hybridized carbons (Fsp3) is 0.654. The smallest absolute Gasteiger partial charge is 0.246 e. The van der Waals surface area contributed by atoms with Gasteiger partial charge in [-0.2, -0.15) is 0 Å². The van der Waals surface area contributed by atoms with Crippen molar-refractivity contribution in [1.82, 2.24) is 10.6 Å². The van der Waals surface area contributed by atoms with Gasteiger partial charge in [-0.15, -0.1) is 0 Å². The van der Waals surface area contributed by atoms with E-state index in [1.54, 1.807) is 0 Å². The minimum Gasteiger partial charge on any atom is -0.377 e. The Bertz CT molecular complexity index is 696. The van der Waals surface area contributed by atoms with Crippen LogP contribution < -0.4 is 10.6 Å². The molecule has 1 aliphatic carbocycles. The van der Waals surface area contributed by atoms with Gasteiger partial charge in [0, 0.05) is 0 Å². The molecule has 5 nitrogen and oxygen atoms in total. The van der Waals surface area contributed by atoms with Crippen molar-refractivity contribution < 1.29 is 14.3 Å². The Morgan fingerprint density at radius 1 is 1.23 bits per heavy atom. The van der Waals surface area contributed by atoms with Crippen molar-refractivity contribution in [1.29, 1.82) is 0 Å². The van der Waals surface area contributed by atoms with E-state index in [2.05, 4.69) is 41.5 Å².